The Morgan fingerprint density at radius 1 is 1.10 bits per heavy atom. The van der Waals surface area contributed by atoms with E-state index in [0.717, 1.165) is 10.0 Å². The van der Waals surface area contributed by atoms with E-state index in [-0.39, 0.29) is 11.2 Å². The second-order valence-electron chi connectivity index (χ2n) is 4.34. The van der Waals surface area contributed by atoms with Crippen molar-refractivity contribution in [2.24, 2.45) is 0 Å². The van der Waals surface area contributed by atoms with Crippen LogP contribution in [-0.4, -0.2) is 10.2 Å². The average Bonchev–Trinajstić information content (AvgIpc) is 2.99. The Hall–Kier alpha value is -1.30. The monoisotopic (exact) mass is 382 g/mol. The maximum Gasteiger partial charge on any atom is 0.149 e. The van der Waals surface area contributed by atoms with Crippen molar-refractivity contribution >= 4 is 38.9 Å². The van der Waals surface area contributed by atoms with Gasteiger partial charge in [-0.1, -0.05) is 57.6 Å². The molecule has 0 spiro atoms. The van der Waals surface area contributed by atoms with Crippen molar-refractivity contribution in [1.82, 2.24) is 10.2 Å². The Morgan fingerprint density at radius 2 is 1.86 bits per heavy atom. The van der Waals surface area contributed by atoms with Crippen LogP contribution in [0.2, 0.25) is 0 Å². The Labute approximate surface area is 138 Å². The molecule has 3 rings (SSSR count). The van der Waals surface area contributed by atoms with Gasteiger partial charge in [-0.15, -0.1) is 21.8 Å². The van der Waals surface area contributed by atoms with Crippen LogP contribution in [0.4, 0.5) is 4.39 Å². The summed E-state index contributed by atoms with van der Waals surface area (Å²) in [4.78, 5) is 0. The Kier molecular flexibility index (Phi) is 4.33. The average molecular weight is 384 g/mol. The molecule has 21 heavy (non-hydrogen) atoms. The number of hydrogen-bond donors (Lipinski definition) is 0. The first-order valence-electron chi connectivity index (χ1n) is 6.13. The first-order chi connectivity index (χ1) is 10.1. The van der Waals surface area contributed by atoms with Gasteiger partial charge in [0.1, 0.15) is 21.2 Å². The van der Waals surface area contributed by atoms with Gasteiger partial charge in [-0.05, 0) is 23.8 Å². The second kappa shape index (κ2) is 6.22. The summed E-state index contributed by atoms with van der Waals surface area (Å²) >= 11 is 11.2. The first-order valence-corrected chi connectivity index (χ1v) is 8.17. The lowest BCUT2D eigenvalue weighted by atomic mass is 10.1. The molecule has 6 heteroatoms. The SMILES string of the molecule is Fc1ccc(Br)c(-c2nnc(C(Cl)c3ccccc3)s2)c1. The summed E-state index contributed by atoms with van der Waals surface area (Å²) in [5.41, 5.74) is 1.64. The van der Waals surface area contributed by atoms with E-state index in [1.165, 1.54) is 23.5 Å². The summed E-state index contributed by atoms with van der Waals surface area (Å²) in [6.07, 6.45) is 0. The lowest BCUT2D eigenvalue weighted by Gasteiger charge is -2.04. The van der Waals surface area contributed by atoms with Crippen LogP contribution >= 0.6 is 38.9 Å². The van der Waals surface area contributed by atoms with Crippen LogP contribution in [0.25, 0.3) is 10.6 Å². The zero-order valence-corrected chi connectivity index (χ0v) is 13.8. The van der Waals surface area contributed by atoms with Gasteiger partial charge in [0.05, 0.1) is 0 Å². The van der Waals surface area contributed by atoms with E-state index in [1.807, 2.05) is 30.3 Å². The molecule has 0 fully saturated rings. The lowest BCUT2D eigenvalue weighted by molar-refractivity contribution is 0.628. The highest BCUT2D eigenvalue weighted by Crippen LogP contribution is 2.36. The molecule has 2 nitrogen and oxygen atoms in total. The molecule has 0 bridgehead atoms. The number of rotatable bonds is 3. The van der Waals surface area contributed by atoms with Gasteiger partial charge >= 0.3 is 0 Å². The van der Waals surface area contributed by atoms with Crippen molar-refractivity contribution in [3.05, 3.63) is 69.4 Å². The van der Waals surface area contributed by atoms with Crippen molar-refractivity contribution in [1.29, 1.82) is 0 Å². The molecule has 0 radical (unpaired) electrons. The molecule has 0 aliphatic rings. The number of benzene rings is 2. The standard InChI is InChI=1S/C15H9BrClFN2S/c16-12-7-6-10(18)8-11(12)14-19-20-15(21-14)13(17)9-4-2-1-3-5-9/h1-8,13H. The van der Waals surface area contributed by atoms with Crippen LogP contribution in [0.3, 0.4) is 0 Å². The Bertz CT molecular complexity index is 763. The van der Waals surface area contributed by atoms with Crippen LogP contribution in [0.15, 0.2) is 53.0 Å². The van der Waals surface area contributed by atoms with Gasteiger partial charge in [0.15, 0.2) is 0 Å². The minimum Gasteiger partial charge on any atom is -0.207 e. The van der Waals surface area contributed by atoms with Gasteiger partial charge in [-0.3, -0.25) is 0 Å². The fraction of sp³-hybridized carbons (Fsp3) is 0.0667. The molecule has 1 unspecified atom stereocenters. The normalized spacial score (nSPS) is 12.3. The summed E-state index contributed by atoms with van der Waals surface area (Å²) in [6.45, 7) is 0. The molecule has 0 aliphatic heterocycles. The summed E-state index contributed by atoms with van der Waals surface area (Å²) < 4.78 is 14.1. The fourth-order valence-corrected chi connectivity index (χ4v) is 3.64. The third-order valence-corrected chi connectivity index (χ3v) is 5.21. The number of aromatic nitrogens is 2. The minimum atomic E-state index is -0.357. The van der Waals surface area contributed by atoms with Crippen molar-refractivity contribution < 1.29 is 4.39 Å². The minimum absolute atomic E-state index is 0.310. The molecule has 2 aromatic carbocycles. The Balaban J connectivity index is 1.95. The molecule has 1 aromatic heterocycles. The van der Waals surface area contributed by atoms with Crippen LogP contribution in [0, 0.1) is 5.82 Å². The highest BCUT2D eigenvalue weighted by atomic mass is 79.9. The predicted octanol–water partition coefficient (Wildman–Crippen LogP) is 5.43. The summed E-state index contributed by atoms with van der Waals surface area (Å²) in [5, 5.41) is 9.22. The van der Waals surface area contributed by atoms with E-state index in [1.54, 1.807) is 6.07 Å². The van der Waals surface area contributed by atoms with E-state index in [0.29, 0.717) is 15.6 Å². The zero-order valence-electron chi connectivity index (χ0n) is 10.6. The van der Waals surface area contributed by atoms with E-state index in [2.05, 4.69) is 26.1 Å². The van der Waals surface area contributed by atoms with Gasteiger partial charge in [0, 0.05) is 10.0 Å². The van der Waals surface area contributed by atoms with E-state index in [4.69, 9.17) is 11.6 Å². The fourth-order valence-electron chi connectivity index (χ4n) is 1.87. The smallest absolute Gasteiger partial charge is 0.149 e. The molecular formula is C15H9BrClFN2S. The molecule has 1 heterocycles. The molecule has 106 valence electrons. The van der Waals surface area contributed by atoms with E-state index >= 15 is 0 Å². The maximum absolute atomic E-state index is 13.4. The molecular weight excluding hydrogens is 375 g/mol. The highest BCUT2D eigenvalue weighted by Gasteiger charge is 2.18. The predicted molar refractivity (Wildman–Crippen MR) is 87.1 cm³/mol. The lowest BCUT2D eigenvalue weighted by Crippen LogP contribution is -1.91. The zero-order chi connectivity index (χ0) is 14.8. The number of nitrogens with zero attached hydrogens (tertiary/aromatic N) is 2. The molecule has 0 amide bonds. The molecule has 0 aliphatic carbocycles. The molecule has 3 aromatic rings. The topological polar surface area (TPSA) is 25.8 Å². The quantitative estimate of drug-likeness (QED) is 0.563. The van der Waals surface area contributed by atoms with Gasteiger partial charge in [-0.2, -0.15) is 0 Å². The van der Waals surface area contributed by atoms with Gasteiger partial charge in [0.2, 0.25) is 0 Å². The van der Waals surface area contributed by atoms with Gasteiger partial charge < -0.3 is 0 Å². The van der Waals surface area contributed by atoms with Gasteiger partial charge in [-0.25, -0.2) is 4.39 Å². The van der Waals surface area contributed by atoms with Gasteiger partial charge in [0.25, 0.3) is 0 Å². The summed E-state index contributed by atoms with van der Waals surface area (Å²) in [6, 6.07) is 14.1. The second-order valence-corrected chi connectivity index (χ2v) is 6.64. The first kappa shape index (κ1) is 14.6. The Morgan fingerprint density at radius 3 is 2.62 bits per heavy atom. The highest BCUT2D eigenvalue weighted by molar-refractivity contribution is 9.10. The largest absolute Gasteiger partial charge is 0.207 e. The van der Waals surface area contributed by atoms with E-state index < -0.39 is 0 Å². The maximum atomic E-state index is 13.4. The van der Waals surface area contributed by atoms with Crippen molar-refractivity contribution in [3.8, 4) is 10.6 Å². The van der Waals surface area contributed by atoms with E-state index in [9.17, 15) is 4.39 Å². The molecule has 0 N–H and O–H groups in total. The number of hydrogen-bond acceptors (Lipinski definition) is 3. The molecule has 0 saturated carbocycles. The summed E-state index contributed by atoms with van der Waals surface area (Å²) in [7, 11) is 0. The van der Waals surface area contributed by atoms with Crippen molar-refractivity contribution in [2.45, 2.75) is 5.38 Å². The van der Waals surface area contributed by atoms with Crippen LogP contribution in [0.1, 0.15) is 15.9 Å². The van der Waals surface area contributed by atoms with Crippen LogP contribution in [-0.2, 0) is 0 Å². The number of halogens is 3. The number of alkyl halides is 1. The molecule has 1 atom stereocenters. The van der Waals surface area contributed by atoms with Crippen LogP contribution < -0.4 is 0 Å². The van der Waals surface area contributed by atoms with Crippen molar-refractivity contribution in [3.63, 3.8) is 0 Å². The summed E-state index contributed by atoms with van der Waals surface area (Å²) in [5.74, 6) is -0.310. The third-order valence-electron chi connectivity index (χ3n) is 2.91. The van der Waals surface area contributed by atoms with Crippen molar-refractivity contribution in [2.75, 3.05) is 0 Å². The van der Waals surface area contributed by atoms with Crippen LogP contribution in [0.5, 0.6) is 0 Å². The third kappa shape index (κ3) is 3.15. The molecule has 0 saturated heterocycles.